The Labute approximate surface area is 262 Å². The number of ether oxygens (including phenoxy) is 1. The molecule has 2 amide bonds. The van der Waals surface area contributed by atoms with E-state index in [1.807, 2.05) is 0 Å². The summed E-state index contributed by atoms with van der Waals surface area (Å²) in [7, 11) is 1.52. The molecule has 0 radical (unpaired) electrons. The number of hydrogen-bond acceptors (Lipinski definition) is 4. The van der Waals surface area contributed by atoms with Crippen molar-refractivity contribution in [1.29, 1.82) is 0 Å². The highest BCUT2D eigenvalue weighted by molar-refractivity contribution is 6.42. The molecule has 0 fully saturated rings. The fraction of sp³-hybridized carbons (Fsp3) is 0.323. The molecular weight excluding hydrogens is 628 g/mol. The van der Waals surface area contributed by atoms with E-state index < -0.39 is 47.7 Å². The van der Waals surface area contributed by atoms with E-state index in [0.717, 1.165) is 5.56 Å². The van der Waals surface area contributed by atoms with Gasteiger partial charge in [-0.2, -0.15) is 13.2 Å². The van der Waals surface area contributed by atoms with Crippen LogP contribution in [0.15, 0.2) is 66.7 Å². The van der Waals surface area contributed by atoms with Gasteiger partial charge in [0, 0.05) is 23.8 Å². The summed E-state index contributed by atoms with van der Waals surface area (Å²) < 4.78 is 45.0. The van der Waals surface area contributed by atoms with Gasteiger partial charge in [-0.3, -0.25) is 14.4 Å². The van der Waals surface area contributed by atoms with Crippen LogP contribution in [-0.4, -0.2) is 43.0 Å². The van der Waals surface area contributed by atoms with Crippen molar-refractivity contribution in [2.45, 2.75) is 50.9 Å². The lowest BCUT2D eigenvalue weighted by molar-refractivity contribution is -0.175. The molecule has 0 aliphatic rings. The molecule has 0 heterocycles. The Hall–Kier alpha value is -3.27. The van der Waals surface area contributed by atoms with Gasteiger partial charge in [0.2, 0.25) is 11.8 Å². The number of carbonyl (C=O) groups is 3. The van der Waals surface area contributed by atoms with Crippen LogP contribution in [-0.2, 0) is 20.8 Å². The lowest BCUT2D eigenvalue weighted by atomic mass is 9.88. The summed E-state index contributed by atoms with van der Waals surface area (Å²) in [6, 6.07) is 15.3. The van der Waals surface area contributed by atoms with Crippen molar-refractivity contribution in [3.05, 3.63) is 98.5 Å². The van der Waals surface area contributed by atoms with E-state index >= 15 is 0 Å². The summed E-state index contributed by atoms with van der Waals surface area (Å²) in [6.45, 7) is 2.77. The van der Waals surface area contributed by atoms with Crippen molar-refractivity contribution in [1.82, 2.24) is 10.6 Å². The molecule has 3 atom stereocenters. The zero-order valence-electron chi connectivity index (χ0n) is 23.5. The van der Waals surface area contributed by atoms with Crippen LogP contribution in [0.5, 0.6) is 5.75 Å². The molecule has 0 unspecified atom stereocenters. The third kappa shape index (κ3) is 9.61. The summed E-state index contributed by atoms with van der Waals surface area (Å²) >= 11 is 18.5. The maximum Gasteiger partial charge on any atom is 0.452 e. The van der Waals surface area contributed by atoms with Gasteiger partial charge in [-0.05, 0) is 59.0 Å². The number of rotatable bonds is 12. The van der Waals surface area contributed by atoms with Crippen molar-refractivity contribution in [3.63, 3.8) is 0 Å². The van der Waals surface area contributed by atoms with Crippen molar-refractivity contribution in [2.24, 2.45) is 5.92 Å². The predicted molar refractivity (Wildman–Crippen MR) is 161 cm³/mol. The lowest BCUT2D eigenvalue weighted by Gasteiger charge is -2.26. The second kappa shape index (κ2) is 14.9. The molecule has 0 aliphatic carbocycles. The minimum Gasteiger partial charge on any atom is -0.497 e. The molecule has 230 valence electrons. The van der Waals surface area contributed by atoms with Crippen LogP contribution >= 0.6 is 34.8 Å². The maximum absolute atomic E-state index is 13.5. The van der Waals surface area contributed by atoms with E-state index in [9.17, 15) is 27.6 Å². The molecule has 12 heteroatoms. The number of nitrogens with one attached hydrogen (secondary N) is 2. The standard InChI is InChI=1S/C31H30Cl3F3N2O4/c1-17(2)28(29(41)31(35,36)37)39-30(42)26(14-18-5-4-6-21(32)13-18)38-27(40)16-23(19-7-10-22(43-3)11-8-19)20-9-12-24(33)25(34)15-20/h4-13,15,17,23,26,28H,14,16H2,1-3H3,(H,38,40)(H,39,42)/t23-,26-,28-/m0/s1. The smallest absolute Gasteiger partial charge is 0.452 e. The molecule has 0 aliphatic heterocycles. The molecule has 0 spiro atoms. The number of Topliss-reactive ketones (excluding diaryl/α,β-unsaturated/α-hetero) is 1. The minimum atomic E-state index is -5.15. The SMILES string of the molecule is COc1ccc([C@H](CC(=O)N[C@@H](Cc2cccc(Cl)c2)C(=O)N[C@H](C(=O)C(F)(F)F)C(C)C)c2ccc(Cl)c(Cl)c2)cc1. The molecule has 3 rings (SSSR count). The molecule has 6 nitrogen and oxygen atoms in total. The van der Waals surface area contributed by atoms with Gasteiger partial charge in [0.05, 0.1) is 23.2 Å². The maximum atomic E-state index is 13.5. The van der Waals surface area contributed by atoms with Gasteiger partial charge in [0.15, 0.2) is 0 Å². The van der Waals surface area contributed by atoms with E-state index in [1.165, 1.54) is 21.0 Å². The van der Waals surface area contributed by atoms with Crippen LogP contribution in [0, 0.1) is 5.92 Å². The highest BCUT2D eigenvalue weighted by Crippen LogP contribution is 2.33. The topological polar surface area (TPSA) is 84.5 Å². The summed E-state index contributed by atoms with van der Waals surface area (Å²) in [5.74, 6) is -4.40. The Morgan fingerprint density at radius 1 is 0.860 bits per heavy atom. The number of methoxy groups -OCH3 is 1. The van der Waals surface area contributed by atoms with Gasteiger partial charge in [-0.1, -0.05) is 79.0 Å². The minimum absolute atomic E-state index is 0.0941. The van der Waals surface area contributed by atoms with Gasteiger partial charge >= 0.3 is 6.18 Å². The highest BCUT2D eigenvalue weighted by Gasteiger charge is 2.45. The van der Waals surface area contributed by atoms with Gasteiger partial charge in [0.25, 0.3) is 5.78 Å². The summed E-state index contributed by atoms with van der Waals surface area (Å²) in [4.78, 5) is 39.0. The number of alkyl halides is 3. The predicted octanol–water partition coefficient (Wildman–Crippen LogP) is 7.18. The number of halogens is 6. The van der Waals surface area contributed by atoms with Gasteiger partial charge in [-0.15, -0.1) is 0 Å². The first kappa shape index (κ1) is 34.2. The van der Waals surface area contributed by atoms with Gasteiger partial charge in [-0.25, -0.2) is 0 Å². The Bertz CT molecular complexity index is 1450. The first-order valence-corrected chi connectivity index (χ1v) is 14.4. The summed E-state index contributed by atoms with van der Waals surface area (Å²) in [5, 5.41) is 5.84. The Balaban J connectivity index is 1.92. The van der Waals surface area contributed by atoms with Crippen LogP contribution in [0.2, 0.25) is 15.1 Å². The molecule has 0 saturated carbocycles. The average Bonchev–Trinajstić information content (AvgIpc) is 2.94. The van der Waals surface area contributed by atoms with E-state index in [-0.39, 0.29) is 17.9 Å². The number of benzene rings is 3. The third-order valence-corrected chi connectivity index (χ3v) is 7.73. The van der Waals surface area contributed by atoms with Crippen LogP contribution in [0.1, 0.15) is 42.9 Å². The molecule has 0 aromatic heterocycles. The Morgan fingerprint density at radius 3 is 2.07 bits per heavy atom. The number of ketones is 1. The quantitative estimate of drug-likeness (QED) is 0.216. The zero-order chi connectivity index (χ0) is 31.9. The van der Waals surface area contributed by atoms with Crippen molar-refractivity contribution in [3.8, 4) is 5.75 Å². The van der Waals surface area contributed by atoms with Gasteiger partial charge < -0.3 is 15.4 Å². The molecule has 3 aromatic rings. The van der Waals surface area contributed by atoms with E-state index in [4.69, 9.17) is 39.5 Å². The van der Waals surface area contributed by atoms with Gasteiger partial charge in [0.1, 0.15) is 11.8 Å². The van der Waals surface area contributed by atoms with Crippen molar-refractivity contribution in [2.75, 3.05) is 7.11 Å². The second-order valence-corrected chi connectivity index (χ2v) is 11.5. The van der Waals surface area contributed by atoms with Crippen molar-refractivity contribution < 1.29 is 32.3 Å². The average molecular weight is 658 g/mol. The molecule has 0 bridgehead atoms. The monoisotopic (exact) mass is 656 g/mol. The normalized spacial score (nSPS) is 13.6. The van der Waals surface area contributed by atoms with Crippen molar-refractivity contribution >= 4 is 52.4 Å². The number of amides is 2. The van der Waals surface area contributed by atoms with E-state index in [1.54, 1.807) is 66.7 Å². The zero-order valence-corrected chi connectivity index (χ0v) is 25.7. The first-order valence-electron chi connectivity index (χ1n) is 13.2. The molecule has 2 N–H and O–H groups in total. The van der Waals surface area contributed by atoms with Crippen LogP contribution in [0.4, 0.5) is 13.2 Å². The van der Waals surface area contributed by atoms with E-state index in [0.29, 0.717) is 26.9 Å². The molecular formula is C31H30Cl3F3N2O4. The molecule has 3 aromatic carbocycles. The molecule has 43 heavy (non-hydrogen) atoms. The lowest BCUT2D eigenvalue weighted by Crippen LogP contribution is -2.56. The van der Waals surface area contributed by atoms with Crippen LogP contribution < -0.4 is 15.4 Å². The number of hydrogen-bond donors (Lipinski definition) is 2. The fourth-order valence-corrected chi connectivity index (χ4v) is 5.03. The van der Waals surface area contributed by atoms with E-state index in [2.05, 4.69) is 10.6 Å². The van der Waals surface area contributed by atoms with Crippen LogP contribution in [0.25, 0.3) is 0 Å². The van der Waals surface area contributed by atoms with Crippen LogP contribution in [0.3, 0.4) is 0 Å². The first-order chi connectivity index (χ1) is 20.2. The fourth-order valence-electron chi connectivity index (χ4n) is 4.51. The second-order valence-electron chi connectivity index (χ2n) is 10.2. The summed E-state index contributed by atoms with van der Waals surface area (Å²) in [5.41, 5.74) is 1.95. The molecule has 0 saturated heterocycles. The summed E-state index contributed by atoms with van der Waals surface area (Å²) in [6.07, 6.45) is -5.40. The Kier molecular flexibility index (Phi) is 11.9. The Morgan fingerprint density at radius 2 is 1.51 bits per heavy atom. The number of carbonyl (C=O) groups excluding carboxylic acids is 3. The largest absolute Gasteiger partial charge is 0.497 e. The highest BCUT2D eigenvalue weighted by atomic mass is 35.5. The third-order valence-electron chi connectivity index (χ3n) is 6.76.